The topological polar surface area (TPSA) is 49.3 Å². The van der Waals surface area contributed by atoms with Gasteiger partial charge in [0.15, 0.2) is 0 Å². The number of aliphatic carboxylic acids is 1. The quantitative estimate of drug-likeness (QED) is 0.803. The molecular weight excluding hydrogens is 316 g/mol. The highest BCUT2D eigenvalue weighted by Gasteiger charge is 2.37. The number of rotatable bonds is 2. The second-order valence-electron chi connectivity index (χ2n) is 4.37. The summed E-state index contributed by atoms with van der Waals surface area (Å²) in [6.07, 6.45) is -9.60. The molecule has 0 aliphatic carbocycles. The molecule has 0 aliphatic rings. The number of nitrogens with one attached hydrogen (secondary N) is 1. The van der Waals surface area contributed by atoms with E-state index in [1.165, 1.54) is 14.0 Å². The van der Waals surface area contributed by atoms with Gasteiger partial charge in [0.05, 0.1) is 11.1 Å². The van der Waals surface area contributed by atoms with Crippen LogP contribution in [-0.4, -0.2) is 18.1 Å². The molecule has 9 heteroatoms. The van der Waals surface area contributed by atoms with Crippen LogP contribution in [-0.2, 0) is 17.1 Å². The van der Waals surface area contributed by atoms with E-state index in [4.69, 9.17) is 9.90 Å². The maximum Gasteiger partial charge on any atom is 0.416 e. The van der Waals surface area contributed by atoms with Gasteiger partial charge in [-0.25, -0.2) is 0 Å². The van der Waals surface area contributed by atoms with Crippen LogP contribution in [0.4, 0.5) is 26.3 Å². The molecule has 22 heavy (non-hydrogen) atoms. The number of hydrogen-bond donors (Lipinski definition) is 2. The predicted octanol–water partition coefficient (Wildman–Crippen LogP) is 4.10. The maximum atomic E-state index is 12.5. The first-order valence-corrected chi connectivity index (χ1v) is 5.95. The fraction of sp³-hybridized carbons (Fsp3) is 0.462. The average molecular weight is 331 g/mol. The molecule has 0 heterocycles. The molecular formula is C13H15F6NO2. The zero-order valence-corrected chi connectivity index (χ0v) is 11.9. The van der Waals surface area contributed by atoms with Crippen molar-refractivity contribution in [2.75, 3.05) is 7.05 Å². The number of halogens is 6. The largest absolute Gasteiger partial charge is 0.481 e. The first kappa shape index (κ1) is 20.2. The molecule has 1 aromatic carbocycles. The van der Waals surface area contributed by atoms with Gasteiger partial charge >= 0.3 is 12.4 Å². The highest BCUT2D eigenvalue weighted by molar-refractivity contribution is 5.62. The Bertz CT molecular complexity index is 474. The third kappa shape index (κ3) is 6.79. The molecule has 2 N–H and O–H groups in total. The van der Waals surface area contributed by atoms with Crippen molar-refractivity contribution in [1.29, 1.82) is 0 Å². The van der Waals surface area contributed by atoms with E-state index >= 15 is 0 Å². The molecule has 0 aliphatic heterocycles. The summed E-state index contributed by atoms with van der Waals surface area (Å²) in [6.45, 7) is 2.57. The van der Waals surface area contributed by atoms with E-state index < -0.39 is 35.5 Å². The summed E-state index contributed by atoms with van der Waals surface area (Å²) < 4.78 is 75.1. The van der Waals surface area contributed by atoms with Gasteiger partial charge in [-0.2, -0.15) is 26.3 Å². The van der Waals surface area contributed by atoms with Crippen LogP contribution >= 0.6 is 0 Å². The van der Waals surface area contributed by atoms with E-state index in [-0.39, 0.29) is 11.6 Å². The standard InChI is InChI=1S/C11H11F6N.C2H4O2/c1-6(18-2)7-3-8(10(12,13)14)5-9(4-7)11(15,16)17;1-2(3)4/h3-6,18H,1-2H3;1H3,(H,3,4)/t6-;/m1./s1. The third-order valence-electron chi connectivity index (χ3n) is 2.54. The number of carboxylic acid groups (broad SMARTS) is 1. The molecule has 0 saturated carbocycles. The summed E-state index contributed by atoms with van der Waals surface area (Å²) in [5.41, 5.74) is -2.65. The van der Waals surface area contributed by atoms with Gasteiger partial charge in [-0.15, -0.1) is 0 Å². The number of carbonyl (C=O) groups is 1. The minimum atomic E-state index is -4.80. The number of carboxylic acids is 1. The fourth-order valence-corrected chi connectivity index (χ4v) is 1.40. The molecule has 1 rings (SSSR count). The minimum Gasteiger partial charge on any atom is -0.481 e. The third-order valence-corrected chi connectivity index (χ3v) is 2.54. The first-order chi connectivity index (χ1) is 9.78. The molecule has 0 aromatic heterocycles. The second kappa shape index (κ2) is 7.48. The van der Waals surface area contributed by atoms with Gasteiger partial charge in [0.25, 0.3) is 5.97 Å². The Morgan fingerprint density at radius 2 is 1.36 bits per heavy atom. The summed E-state index contributed by atoms with van der Waals surface area (Å²) in [7, 11) is 1.46. The van der Waals surface area contributed by atoms with E-state index in [9.17, 15) is 26.3 Å². The summed E-state index contributed by atoms with van der Waals surface area (Å²) in [4.78, 5) is 9.00. The van der Waals surface area contributed by atoms with E-state index in [1.807, 2.05) is 0 Å². The SMILES string of the molecule is CC(=O)O.CN[C@H](C)c1cc(C(F)(F)F)cc(C(F)(F)F)c1. The molecule has 0 amide bonds. The molecule has 3 nitrogen and oxygen atoms in total. The van der Waals surface area contributed by atoms with E-state index in [0.29, 0.717) is 0 Å². The smallest absolute Gasteiger partial charge is 0.416 e. The van der Waals surface area contributed by atoms with Crippen molar-refractivity contribution in [2.24, 2.45) is 0 Å². The van der Waals surface area contributed by atoms with Crippen LogP contribution in [0.5, 0.6) is 0 Å². The molecule has 0 unspecified atom stereocenters. The Labute approximate surface area is 122 Å². The van der Waals surface area contributed by atoms with Gasteiger partial charge in [0.2, 0.25) is 0 Å². The second-order valence-corrected chi connectivity index (χ2v) is 4.37. The summed E-state index contributed by atoms with van der Waals surface area (Å²) in [6, 6.07) is 0.951. The monoisotopic (exact) mass is 331 g/mol. The van der Waals surface area contributed by atoms with Gasteiger partial charge in [-0.3, -0.25) is 4.79 Å². The minimum absolute atomic E-state index is 0.0559. The lowest BCUT2D eigenvalue weighted by atomic mass is 10.0. The highest BCUT2D eigenvalue weighted by atomic mass is 19.4. The molecule has 0 bridgehead atoms. The maximum absolute atomic E-state index is 12.5. The van der Waals surface area contributed by atoms with Crippen LogP contribution in [0.2, 0.25) is 0 Å². The number of hydrogen-bond acceptors (Lipinski definition) is 2. The summed E-state index contributed by atoms with van der Waals surface area (Å²) >= 11 is 0. The normalized spacial score (nSPS) is 13.1. The zero-order valence-electron chi connectivity index (χ0n) is 11.9. The highest BCUT2D eigenvalue weighted by Crippen LogP contribution is 2.37. The Hall–Kier alpha value is -1.77. The van der Waals surface area contributed by atoms with E-state index in [1.54, 1.807) is 0 Å². The van der Waals surface area contributed by atoms with Gasteiger partial charge < -0.3 is 10.4 Å². The number of alkyl halides is 6. The van der Waals surface area contributed by atoms with Crippen molar-refractivity contribution in [3.63, 3.8) is 0 Å². The molecule has 1 atom stereocenters. The Kier molecular flexibility index (Phi) is 6.88. The average Bonchev–Trinajstić information content (AvgIpc) is 2.34. The van der Waals surface area contributed by atoms with Gasteiger partial charge in [0.1, 0.15) is 0 Å². The van der Waals surface area contributed by atoms with E-state index in [2.05, 4.69) is 5.32 Å². The van der Waals surface area contributed by atoms with Crippen molar-refractivity contribution in [3.05, 3.63) is 34.9 Å². The Morgan fingerprint density at radius 3 is 1.59 bits per heavy atom. The summed E-state index contributed by atoms with van der Waals surface area (Å²) in [5, 5.41) is 10.0. The molecule has 0 saturated heterocycles. The predicted molar refractivity (Wildman–Crippen MR) is 67.2 cm³/mol. The Morgan fingerprint density at radius 1 is 1.05 bits per heavy atom. The Balaban J connectivity index is 0.000000980. The zero-order chi connectivity index (χ0) is 17.7. The number of benzene rings is 1. The molecule has 0 spiro atoms. The lowest BCUT2D eigenvalue weighted by Gasteiger charge is -2.17. The van der Waals surface area contributed by atoms with Gasteiger partial charge in [-0.1, -0.05) is 0 Å². The van der Waals surface area contributed by atoms with Crippen LogP contribution in [0.1, 0.15) is 36.6 Å². The fourth-order valence-electron chi connectivity index (χ4n) is 1.40. The van der Waals surface area contributed by atoms with Crippen molar-refractivity contribution < 1.29 is 36.2 Å². The van der Waals surface area contributed by atoms with Crippen LogP contribution in [0.3, 0.4) is 0 Å². The van der Waals surface area contributed by atoms with E-state index in [0.717, 1.165) is 19.1 Å². The van der Waals surface area contributed by atoms with Gasteiger partial charge in [-0.05, 0) is 37.7 Å². The van der Waals surface area contributed by atoms with Gasteiger partial charge in [0, 0.05) is 13.0 Å². The van der Waals surface area contributed by atoms with Crippen LogP contribution < -0.4 is 5.32 Å². The van der Waals surface area contributed by atoms with Crippen molar-refractivity contribution in [3.8, 4) is 0 Å². The molecule has 0 radical (unpaired) electrons. The molecule has 0 fully saturated rings. The lowest BCUT2D eigenvalue weighted by molar-refractivity contribution is -0.143. The first-order valence-electron chi connectivity index (χ1n) is 5.95. The van der Waals surface area contributed by atoms with Crippen LogP contribution in [0, 0.1) is 0 Å². The molecule has 126 valence electrons. The van der Waals surface area contributed by atoms with Crippen molar-refractivity contribution in [1.82, 2.24) is 5.32 Å². The molecule has 1 aromatic rings. The van der Waals surface area contributed by atoms with Crippen LogP contribution in [0.15, 0.2) is 18.2 Å². The van der Waals surface area contributed by atoms with Crippen molar-refractivity contribution >= 4 is 5.97 Å². The lowest BCUT2D eigenvalue weighted by Crippen LogP contribution is -2.17. The summed E-state index contributed by atoms with van der Waals surface area (Å²) in [5.74, 6) is -0.833. The van der Waals surface area contributed by atoms with Crippen molar-refractivity contribution in [2.45, 2.75) is 32.2 Å². The van der Waals surface area contributed by atoms with Crippen LogP contribution in [0.25, 0.3) is 0 Å².